The van der Waals surface area contributed by atoms with Crippen molar-refractivity contribution in [2.45, 2.75) is 63.4 Å². The smallest absolute Gasteiger partial charge is 0.247 e. The van der Waals surface area contributed by atoms with Gasteiger partial charge in [-0.15, -0.1) is 0 Å². The van der Waals surface area contributed by atoms with Crippen LogP contribution in [-0.2, 0) is 28.0 Å². The molecule has 2 N–H and O–H groups in total. The van der Waals surface area contributed by atoms with Gasteiger partial charge in [0.2, 0.25) is 15.9 Å². The number of aromatic amines is 1. The fourth-order valence-electron chi connectivity index (χ4n) is 5.37. The largest absolute Gasteiger partial charge is 0.307 e. The third-order valence-corrected chi connectivity index (χ3v) is 9.57. The monoisotopic (exact) mass is 620 g/mol. The van der Waals surface area contributed by atoms with Crippen molar-refractivity contribution in [2.75, 3.05) is 9.62 Å². The van der Waals surface area contributed by atoms with Crippen LogP contribution in [-0.4, -0.2) is 29.8 Å². The summed E-state index contributed by atoms with van der Waals surface area (Å²) in [5, 5.41) is 5.51. The molecule has 1 atom stereocenters. The first-order valence-corrected chi connectivity index (χ1v) is 15.3. The van der Waals surface area contributed by atoms with Crippen LogP contribution in [0.4, 0.5) is 33.3 Å². The number of amides is 1. The fraction of sp³-hybridized carbons (Fsp3) is 0.333. The molecule has 1 aromatic heterocycles. The Bertz CT molecular complexity index is 1730. The molecule has 0 radical (unpaired) electrons. The number of carbonyl (C=O) groups excluding carboxylic acids is 1. The van der Waals surface area contributed by atoms with E-state index in [1.54, 1.807) is 24.4 Å². The molecule has 1 amide bonds. The molecule has 43 heavy (non-hydrogen) atoms. The molecule has 1 heterocycles. The zero-order valence-corrected chi connectivity index (χ0v) is 24.0. The molecule has 1 unspecified atom stereocenters. The van der Waals surface area contributed by atoms with Gasteiger partial charge in [-0.3, -0.25) is 14.6 Å². The first kappa shape index (κ1) is 30.5. The lowest BCUT2D eigenvalue weighted by Crippen LogP contribution is -2.43. The minimum absolute atomic E-state index is 0.0551. The van der Waals surface area contributed by atoms with Gasteiger partial charge in [0.05, 0.1) is 23.8 Å². The summed E-state index contributed by atoms with van der Waals surface area (Å²) in [7, 11) is -4.98. The second-order valence-electron chi connectivity index (χ2n) is 10.7. The van der Waals surface area contributed by atoms with Gasteiger partial charge in [0, 0.05) is 11.1 Å². The number of hydrogen-bond acceptors (Lipinski definition) is 4. The van der Waals surface area contributed by atoms with Crippen LogP contribution in [0.25, 0.3) is 10.9 Å². The number of anilines is 2. The molecule has 13 heteroatoms. The SMILES string of the molecule is CC(C(=O)N(Cc1ccc(C2CCCCC2)cc1)c1ccc2cn[nH]c2c1)S(=O)(=O)Nc1c(F)c(F)c(CF)c(F)c1F. The van der Waals surface area contributed by atoms with Gasteiger partial charge in [0.25, 0.3) is 0 Å². The Morgan fingerprint density at radius 2 is 1.65 bits per heavy atom. The lowest BCUT2D eigenvalue weighted by molar-refractivity contribution is -0.118. The molecule has 0 aliphatic heterocycles. The van der Waals surface area contributed by atoms with Gasteiger partial charge < -0.3 is 4.90 Å². The molecule has 0 bridgehead atoms. The van der Waals surface area contributed by atoms with Gasteiger partial charge in [-0.1, -0.05) is 43.5 Å². The Hall–Kier alpha value is -4.00. The predicted octanol–water partition coefficient (Wildman–Crippen LogP) is 7.00. The second-order valence-corrected chi connectivity index (χ2v) is 12.7. The maximum atomic E-state index is 14.5. The summed E-state index contributed by atoms with van der Waals surface area (Å²) in [6.07, 6.45) is 7.32. The van der Waals surface area contributed by atoms with E-state index in [9.17, 15) is 35.2 Å². The Morgan fingerprint density at radius 3 is 2.28 bits per heavy atom. The zero-order chi connectivity index (χ0) is 30.9. The number of nitrogens with zero attached hydrogens (tertiary/aromatic N) is 2. The van der Waals surface area contributed by atoms with Crippen molar-refractivity contribution >= 4 is 38.2 Å². The summed E-state index contributed by atoms with van der Waals surface area (Å²) in [6.45, 7) is -0.928. The third kappa shape index (κ3) is 6.08. The summed E-state index contributed by atoms with van der Waals surface area (Å²) >= 11 is 0. The molecule has 0 saturated heterocycles. The van der Waals surface area contributed by atoms with Crippen LogP contribution in [0.2, 0.25) is 0 Å². The molecular weight excluding hydrogens is 591 g/mol. The fourth-order valence-corrected chi connectivity index (χ4v) is 6.40. The van der Waals surface area contributed by atoms with E-state index in [0.29, 0.717) is 22.7 Å². The van der Waals surface area contributed by atoms with Crippen molar-refractivity contribution < 1.29 is 35.2 Å². The number of carbonyl (C=O) groups is 1. The number of H-pyrrole nitrogens is 1. The van der Waals surface area contributed by atoms with E-state index in [-0.39, 0.29) is 6.54 Å². The Morgan fingerprint density at radius 1 is 1.00 bits per heavy atom. The molecule has 4 aromatic rings. The van der Waals surface area contributed by atoms with Crippen LogP contribution < -0.4 is 9.62 Å². The van der Waals surface area contributed by atoms with Crippen LogP contribution in [0.5, 0.6) is 0 Å². The summed E-state index contributed by atoms with van der Waals surface area (Å²) < 4.78 is 98.0. The predicted molar refractivity (Wildman–Crippen MR) is 153 cm³/mol. The maximum absolute atomic E-state index is 14.5. The number of aromatic nitrogens is 2. The molecule has 1 aliphatic carbocycles. The van der Waals surface area contributed by atoms with Crippen LogP contribution >= 0.6 is 0 Å². The van der Waals surface area contributed by atoms with E-state index in [4.69, 9.17) is 0 Å². The molecular formula is C30H29F5N4O3S. The molecule has 1 saturated carbocycles. The number of hydrogen-bond donors (Lipinski definition) is 2. The van der Waals surface area contributed by atoms with Crippen LogP contribution in [0, 0.1) is 23.3 Å². The molecule has 0 spiro atoms. The summed E-state index contributed by atoms with van der Waals surface area (Å²) in [4.78, 5) is 15.0. The van der Waals surface area contributed by atoms with Crippen LogP contribution in [0.3, 0.4) is 0 Å². The minimum atomic E-state index is -4.98. The maximum Gasteiger partial charge on any atom is 0.247 e. The van der Waals surface area contributed by atoms with E-state index in [1.165, 1.54) is 21.6 Å². The molecule has 1 fully saturated rings. The average molecular weight is 621 g/mol. The van der Waals surface area contributed by atoms with E-state index in [0.717, 1.165) is 38.0 Å². The highest BCUT2D eigenvalue weighted by Gasteiger charge is 2.36. The number of fused-ring (bicyclic) bond motifs is 1. The van der Waals surface area contributed by atoms with Crippen LogP contribution in [0.1, 0.15) is 61.6 Å². The number of halogens is 5. The van der Waals surface area contributed by atoms with E-state index < -0.39 is 62.4 Å². The molecule has 5 rings (SSSR count). The molecule has 228 valence electrons. The van der Waals surface area contributed by atoms with E-state index >= 15 is 0 Å². The van der Waals surface area contributed by atoms with Crippen molar-refractivity contribution in [3.63, 3.8) is 0 Å². The van der Waals surface area contributed by atoms with Gasteiger partial charge in [-0.2, -0.15) is 5.10 Å². The average Bonchev–Trinajstić information content (AvgIpc) is 3.49. The number of benzene rings is 3. The summed E-state index contributed by atoms with van der Waals surface area (Å²) in [5.74, 6) is -8.95. The van der Waals surface area contributed by atoms with E-state index in [1.807, 2.05) is 24.3 Å². The van der Waals surface area contributed by atoms with Gasteiger partial charge in [0.1, 0.15) is 12.4 Å². The molecule has 3 aromatic carbocycles. The van der Waals surface area contributed by atoms with Gasteiger partial charge in [-0.25, -0.2) is 30.4 Å². The highest BCUT2D eigenvalue weighted by Crippen LogP contribution is 2.34. The van der Waals surface area contributed by atoms with Crippen molar-refractivity contribution in [3.8, 4) is 0 Å². The highest BCUT2D eigenvalue weighted by atomic mass is 32.2. The van der Waals surface area contributed by atoms with Gasteiger partial charge in [-0.05, 0) is 55.0 Å². The standard InChI is InChI=1S/C30H29F5N4O3S/c1-17(43(41,42)38-29-27(34)25(32)23(14-31)26(33)28(29)35)30(40)39(22-12-11-21-15-36-37-24(21)13-22)16-18-7-9-20(10-8-18)19-5-3-2-4-6-19/h7-13,15,17,19,38H,2-6,14,16H2,1H3,(H,36,37). The zero-order valence-electron chi connectivity index (χ0n) is 23.1. The third-order valence-electron chi connectivity index (χ3n) is 7.95. The first-order chi connectivity index (χ1) is 20.5. The van der Waals surface area contributed by atoms with Crippen molar-refractivity contribution in [1.82, 2.24) is 10.2 Å². The van der Waals surface area contributed by atoms with Crippen LogP contribution in [0.15, 0.2) is 48.7 Å². The van der Waals surface area contributed by atoms with Gasteiger partial charge >= 0.3 is 0 Å². The highest BCUT2D eigenvalue weighted by molar-refractivity contribution is 7.94. The normalized spacial score (nSPS) is 15.0. The lowest BCUT2D eigenvalue weighted by Gasteiger charge is -2.27. The minimum Gasteiger partial charge on any atom is -0.307 e. The molecule has 7 nitrogen and oxygen atoms in total. The summed E-state index contributed by atoms with van der Waals surface area (Å²) in [5.41, 5.74) is -0.449. The Balaban J connectivity index is 1.46. The second kappa shape index (κ2) is 12.3. The van der Waals surface area contributed by atoms with Crippen molar-refractivity contribution in [1.29, 1.82) is 0 Å². The topological polar surface area (TPSA) is 95.2 Å². The number of nitrogens with one attached hydrogen (secondary N) is 2. The number of sulfonamides is 1. The Kier molecular flexibility index (Phi) is 8.72. The molecule has 1 aliphatic rings. The van der Waals surface area contributed by atoms with Gasteiger partial charge in [0.15, 0.2) is 28.5 Å². The first-order valence-electron chi connectivity index (χ1n) is 13.8. The summed E-state index contributed by atoms with van der Waals surface area (Å²) in [6, 6.07) is 12.6. The number of rotatable bonds is 9. The Labute approximate surface area is 245 Å². The van der Waals surface area contributed by atoms with Crippen molar-refractivity contribution in [3.05, 3.63) is 88.6 Å². The lowest BCUT2D eigenvalue weighted by atomic mass is 9.84. The quantitative estimate of drug-likeness (QED) is 0.156. The van der Waals surface area contributed by atoms with Crippen molar-refractivity contribution in [2.24, 2.45) is 0 Å². The number of alkyl halides is 1. The van der Waals surface area contributed by atoms with E-state index in [2.05, 4.69) is 10.2 Å².